The first-order valence-electron chi connectivity index (χ1n) is 8.00. The highest BCUT2D eigenvalue weighted by atomic mass is 32.2. The minimum atomic E-state index is -3.45. The summed E-state index contributed by atoms with van der Waals surface area (Å²) >= 11 is 0. The van der Waals surface area contributed by atoms with E-state index in [4.69, 9.17) is 0 Å². The predicted octanol–water partition coefficient (Wildman–Crippen LogP) is 2.53. The van der Waals surface area contributed by atoms with Gasteiger partial charge in [-0.25, -0.2) is 13.4 Å². The fraction of sp³-hybridized carbons (Fsp3) is 0.294. The second kappa shape index (κ2) is 5.99. The van der Waals surface area contributed by atoms with Crippen molar-refractivity contribution in [2.75, 3.05) is 13.1 Å². The smallest absolute Gasteiger partial charge is 0.243 e. The van der Waals surface area contributed by atoms with Crippen LogP contribution in [-0.2, 0) is 10.0 Å². The van der Waals surface area contributed by atoms with Crippen molar-refractivity contribution in [3.8, 4) is 0 Å². The van der Waals surface area contributed by atoms with Gasteiger partial charge in [0.1, 0.15) is 0 Å². The minimum Gasteiger partial charge on any atom is -0.261 e. The van der Waals surface area contributed by atoms with Crippen LogP contribution in [-0.4, -0.2) is 41.0 Å². The Balaban J connectivity index is 1.61. The monoisotopic (exact) mass is 342 g/mol. The van der Waals surface area contributed by atoms with E-state index in [2.05, 4.69) is 15.2 Å². The second-order valence-corrected chi connectivity index (χ2v) is 8.00. The highest BCUT2D eigenvalue weighted by Gasteiger charge is 2.31. The van der Waals surface area contributed by atoms with Gasteiger partial charge in [0.2, 0.25) is 10.0 Å². The molecule has 1 aliphatic heterocycles. The van der Waals surface area contributed by atoms with Gasteiger partial charge < -0.3 is 0 Å². The third-order valence-corrected chi connectivity index (χ3v) is 6.38. The summed E-state index contributed by atoms with van der Waals surface area (Å²) in [6, 6.07) is 12.6. The molecule has 1 atom stereocenters. The number of nitrogens with zero attached hydrogens (tertiary/aromatic N) is 3. The third kappa shape index (κ3) is 2.70. The van der Waals surface area contributed by atoms with E-state index in [9.17, 15) is 8.42 Å². The van der Waals surface area contributed by atoms with Crippen LogP contribution in [0.3, 0.4) is 0 Å². The maximum absolute atomic E-state index is 12.8. The lowest BCUT2D eigenvalue weighted by molar-refractivity contribution is 0.313. The molecule has 0 aliphatic carbocycles. The van der Waals surface area contributed by atoms with Crippen molar-refractivity contribution in [3.05, 3.63) is 54.4 Å². The summed E-state index contributed by atoms with van der Waals surface area (Å²) in [5, 5.41) is 7.82. The predicted molar refractivity (Wildman–Crippen MR) is 91.1 cm³/mol. The van der Waals surface area contributed by atoms with Crippen LogP contribution in [0.25, 0.3) is 11.0 Å². The summed E-state index contributed by atoms with van der Waals surface area (Å²) in [5.74, 6) is 0.102. The molecule has 0 saturated carbocycles. The molecule has 0 spiro atoms. The largest absolute Gasteiger partial charge is 0.261 e. The topological polar surface area (TPSA) is 79.0 Å². The Hall–Kier alpha value is -2.25. The molecule has 6 nitrogen and oxygen atoms in total. The molecule has 3 aromatic rings. The number of nitrogens with one attached hydrogen (secondary N) is 1. The van der Waals surface area contributed by atoms with E-state index < -0.39 is 10.0 Å². The zero-order valence-electron chi connectivity index (χ0n) is 13.1. The molecule has 1 unspecified atom stereocenters. The Kier molecular flexibility index (Phi) is 3.82. The maximum Gasteiger partial charge on any atom is 0.243 e. The van der Waals surface area contributed by atoms with Gasteiger partial charge in [-0.05, 0) is 37.1 Å². The van der Waals surface area contributed by atoms with Gasteiger partial charge in [-0.2, -0.15) is 9.40 Å². The molecule has 1 aliphatic rings. The molecule has 2 aromatic heterocycles. The van der Waals surface area contributed by atoms with Crippen LogP contribution >= 0.6 is 0 Å². The average Bonchev–Trinajstić information content (AvgIpc) is 3.10. The summed E-state index contributed by atoms with van der Waals surface area (Å²) in [7, 11) is -3.45. The number of rotatable bonds is 3. The van der Waals surface area contributed by atoms with Crippen molar-refractivity contribution in [1.82, 2.24) is 19.5 Å². The molecule has 3 heterocycles. The number of hydrogen-bond donors (Lipinski definition) is 1. The van der Waals surface area contributed by atoms with Gasteiger partial charge in [-0.15, -0.1) is 0 Å². The molecule has 0 amide bonds. The fourth-order valence-electron chi connectivity index (χ4n) is 3.21. The molecular formula is C17H18N4O2S. The number of fused-ring (bicyclic) bond motifs is 1. The van der Waals surface area contributed by atoms with E-state index in [0.29, 0.717) is 18.0 Å². The van der Waals surface area contributed by atoms with E-state index >= 15 is 0 Å². The molecule has 1 saturated heterocycles. The van der Waals surface area contributed by atoms with Crippen LogP contribution in [0.4, 0.5) is 0 Å². The molecule has 124 valence electrons. The number of H-pyrrole nitrogens is 1. The molecule has 7 heteroatoms. The first kappa shape index (κ1) is 15.3. The zero-order chi connectivity index (χ0) is 16.6. The van der Waals surface area contributed by atoms with E-state index in [1.165, 1.54) is 0 Å². The number of hydrogen-bond acceptors (Lipinski definition) is 4. The van der Waals surface area contributed by atoms with Crippen LogP contribution in [0.5, 0.6) is 0 Å². The first-order chi connectivity index (χ1) is 11.6. The highest BCUT2D eigenvalue weighted by Crippen LogP contribution is 2.30. The van der Waals surface area contributed by atoms with E-state index in [0.717, 1.165) is 29.6 Å². The van der Waals surface area contributed by atoms with Gasteiger partial charge in [0.25, 0.3) is 0 Å². The van der Waals surface area contributed by atoms with Gasteiger partial charge >= 0.3 is 0 Å². The van der Waals surface area contributed by atoms with Gasteiger partial charge in [-0.3, -0.25) is 5.10 Å². The first-order valence-corrected chi connectivity index (χ1v) is 9.44. The van der Waals surface area contributed by atoms with Crippen molar-refractivity contribution in [2.45, 2.75) is 23.7 Å². The fourth-order valence-corrected chi connectivity index (χ4v) is 4.76. The zero-order valence-corrected chi connectivity index (χ0v) is 13.9. The Morgan fingerprint density at radius 2 is 1.96 bits per heavy atom. The maximum atomic E-state index is 12.8. The van der Waals surface area contributed by atoms with Gasteiger partial charge in [-0.1, -0.05) is 18.2 Å². The van der Waals surface area contributed by atoms with Crippen molar-refractivity contribution in [2.24, 2.45) is 0 Å². The lowest BCUT2D eigenvalue weighted by atomic mass is 9.95. The number of sulfonamides is 1. The molecular weight excluding hydrogens is 324 g/mol. The molecule has 0 radical (unpaired) electrons. The van der Waals surface area contributed by atoms with Crippen LogP contribution in [0.2, 0.25) is 0 Å². The second-order valence-electron chi connectivity index (χ2n) is 6.06. The Morgan fingerprint density at radius 3 is 2.79 bits per heavy atom. The highest BCUT2D eigenvalue weighted by molar-refractivity contribution is 7.89. The van der Waals surface area contributed by atoms with Crippen molar-refractivity contribution >= 4 is 21.1 Å². The summed E-state index contributed by atoms with van der Waals surface area (Å²) in [4.78, 5) is 4.96. The Bertz CT molecular complexity index is 953. The molecule has 0 bridgehead atoms. The number of aromatic nitrogens is 3. The molecule has 24 heavy (non-hydrogen) atoms. The van der Waals surface area contributed by atoms with Crippen LogP contribution in [0.1, 0.15) is 24.5 Å². The summed E-state index contributed by atoms with van der Waals surface area (Å²) in [6.07, 6.45) is 3.51. The number of benzene rings is 1. The van der Waals surface area contributed by atoms with Crippen molar-refractivity contribution in [3.63, 3.8) is 0 Å². The molecule has 1 aromatic carbocycles. The van der Waals surface area contributed by atoms with Crippen LogP contribution < -0.4 is 0 Å². The van der Waals surface area contributed by atoms with E-state index in [1.807, 2.05) is 18.2 Å². The SMILES string of the molecule is O=S(=O)(c1ccccc1)N1CCCC(c2ccc3cn[nH]c3n2)C1. The summed E-state index contributed by atoms with van der Waals surface area (Å²) in [6.45, 7) is 1.02. The van der Waals surface area contributed by atoms with E-state index in [1.54, 1.807) is 34.8 Å². The standard InChI is InChI=1S/C17H18N4O2S/c22-24(23,15-6-2-1-3-7-15)21-10-4-5-14(12-21)16-9-8-13-11-18-20-17(13)19-16/h1-3,6-9,11,14H,4-5,10,12H2,(H,18,19,20). The average molecular weight is 342 g/mol. The van der Waals surface area contributed by atoms with Crippen LogP contribution in [0, 0.1) is 0 Å². The quantitative estimate of drug-likeness (QED) is 0.793. The molecule has 1 N–H and O–H groups in total. The van der Waals surface area contributed by atoms with Crippen molar-refractivity contribution < 1.29 is 8.42 Å². The minimum absolute atomic E-state index is 0.102. The van der Waals surface area contributed by atoms with Gasteiger partial charge in [0.15, 0.2) is 5.65 Å². The van der Waals surface area contributed by atoms with Crippen LogP contribution in [0.15, 0.2) is 53.6 Å². The summed E-state index contributed by atoms with van der Waals surface area (Å²) < 4.78 is 27.2. The molecule has 1 fully saturated rings. The lowest BCUT2D eigenvalue weighted by Gasteiger charge is -2.31. The Morgan fingerprint density at radius 1 is 1.12 bits per heavy atom. The number of piperidine rings is 1. The Labute approximate surface area is 140 Å². The van der Waals surface area contributed by atoms with Gasteiger partial charge in [0, 0.05) is 30.1 Å². The number of pyridine rings is 1. The van der Waals surface area contributed by atoms with Gasteiger partial charge in [0.05, 0.1) is 11.1 Å². The summed E-state index contributed by atoms with van der Waals surface area (Å²) in [5.41, 5.74) is 1.66. The lowest BCUT2D eigenvalue weighted by Crippen LogP contribution is -2.39. The van der Waals surface area contributed by atoms with Crippen molar-refractivity contribution in [1.29, 1.82) is 0 Å². The number of aromatic amines is 1. The molecule has 4 rings (SSSR count). The normalized spacial score (nSPS) is 19.6. The van der Waals surface area contributed by atoms with E-state index in [-0.39, 0.29) is 5.92 Å². The third-order valence-electron chi connectivity index (χ3n) is 4.51.